The van der Waals surface area contributed by atoms with Crippen molar-refractivity contribution in [3.05, 3.63) is 42.1 Å². The highest BCUT2D eigenvalue weighted by Crippen LogP contribution is 2.38. The van der Waals surface area contributed by atoms with Crippen LogP contribution in [0, 0.1) is 5.92 Å². The van der Waals surface area contributed by atoms with Crippen LogP contribution in [0.3, 0.4) is 0 Å². The third-order valence-electron chi connectivity index (χ3n) is 5.19. The molecule has 2 heteroatoms. The average molecular weight is 266 g/mol. The second kappa shape index (κ2) is 5.17. The Kier molecular flexibility index (Phi) is 3.19. The zero-order valence-electron chi connectivity index (χ0n) is 11.9. The normalized spacial score (nSPS) is 30.1. The summed E-state index contributed by atoms with van der Waals surface area (Å²) in [6.45, 7) is 0. The Balaban J connectivity index is 1.66. The number of nitrogens with zero attached hydrogens (tertiary/aromatic N) is 1. The van der Waals surface area contributed by atoms with Gasteiger partial charge in [0.2, 0.25) is 0 Å². The number of para-hydroxylation sites is 1. The van der Waals surface area contributed by atoms with Gasteiger partial charge < -0.3 is 5.32 Å². The predicted molar refractivity (Wildman–Crippen MR) is 82.6 cm³/mol. The van der Waals surface area contributed by atoms with E-state index in [-0.39, 0.29) is 0 Å². The molecule has 104 valence electrons. The van der Waals surface area contributed by atoms with E-state index in [4.69, 9.17) is 0 Å². The third-order valence-corrected chi connectivity index (χ3v) is 5.19. The smallest absolute Gasteiger partial charge is 0.0749 e. The van der Waals surface area contributed by atoms with Crippen molar-refractivity contribution in [1.29, 1.82) is 0 Å². The summed E-state index contributed by atoms with van der Waals surface area (Å²) in [6.07, 6.45) is 10.2. The highest BCUT2D eigenvalue weighted by atomic mass is 15.0. The Morgan fingerprint density at radius 3 is 2.85 bits per heavy atom. The maximum absolute atomic E-state index is 4.62. The highest BCUT2D eigenvalue weighted by Gasteiger charge is 2.32. The molecule has 3 atom stereocenters. The first-order valence-electron chi connectivity index (χ1n) is 8.01. The van der Waals surface area contributed by atoms with E-state index in [9.17, 15) is 0 Å². The van der Waals surface area contributed by atoms with Crippen LogP contribution in [-0.2, 0) is 0 Å². The van der Waals surface area contributed by atoms with Gasteiger partial charge in [-0.2, -0.15) is 0 Å². The molecule has 20 heavy (non-hydrogen) atoms. The molecular weight excluding hydrogens is 244 g/mol. The highest BCUT2D eigenvalue weighted by molar-refractivity contribution is 5.82. The average Bonchev–Trinajstić information content (AvgIpc) is 2.54. The maximum Gasteiger partial charge on any atom is 0.0749 e. The topological polar surface area (TPSA) is 24.9 Å². The minimum Gasteiger partial charge on any atom is -0.307 e. The summed E-state index contributed by atoms with van der Waals surface area (Å²) in [6, 6.07) is 12.0. The van der Waals surface area contributed by atoms with E-state index in [2.05, 4.69) is 34.6 Å². The lowest BCUT2D eigenvalue weighted by Crippen LogP contribution is -2.44. The van der Waals surface area contributed by atoms with Crippen LogP contribution >= 0.6 is 0 Å². The van der Waals surface area contributed by atoms with E-state index < -0.39 is 0 Å². The summed E-state index contributed by atoms with van der Waals surface area (Å²) in [5.41, 5.74) is 2.58. The molecule has 1 aliphatic carbocycles. The molecule has 0 amide bonds. The zero-order valence-corrected chi connectivity index (χ0v) is 11.9. The van der Waals surface area contributed by atoms with Crippen molar-refractivity contribution in [2.45, 2.75) is 50.6 Å². The van der Waals surface area contributed by atoms with Gasteiger partial charge in [0.05, 0.1) is 5.52 Å². The van der Waals surface area contributed by atoms with Crippen molar-refractivity contribution >= 4 is 10.9 Å². The molecule has 2 fully saturated rings. The summed E-state index contributed by atoms with van der Waals surface area (Å²) in [7, 11) is 0. The fourth-order valence-corrected chi connectivity index (χ4v) is 4.15. The number of aromatic nitrogens is 1. The minimum absolute atomic E-state index is 0.493. The molecule has 3 unspecified atom stereocenters. The van der Waals surface area contributed by atoms with Crippen LogP contribution in [0.5, 0.6) is 0 Å². The van der Waals surface area contributed by atoms with E-state index >= 15 is 0 Å². The van der Waals surface area contributed by atoms with Crippen molar-refractivity contribution in [1.82, 2.24) is 10.3 Å². The van der Waals surface area contributed by atoms with Crippen molar-refractivity contribution in [3.8, 4) is 0 Å². The van der Waals surface area contributed by atoms with E-state index in [1.165, 1.54) is 55.0 Å². The molecule has 0 spiro atoms. The first kappa shape index (κ1) is 12.3. The van der Waals surface area contributed by atoms with E-state index in [0.717, 1.165) is 12.0 Å². The number of hydrogen-bond acceptors (Lipinski definition) is 2. The Morgan fingerprint density at radius 2 is 1.85 bits per heavy atom. The summed E-state index contributed by atoms with van der Waals surface area (Å²) in [5.74, 6) is 0.919. The van der Waals surface area contributed by atoms with E-state index in [1.54, 1.807) is 0 Å². The Hall–Kier alpha value is -1.41. The fraction of sp³-hybridized carbons (Fsp3) is 0.500. The van der Waals surface area contributed by atoms with Crippen LogP contribution < -0.4 is 5.32 Å². The lowest BCUT2D eigenvalue weighted by Gasteiger charge is -2.40. The first-order valence-corrected chi connectivity index (χ1v) is 8.01. The van der Waals surface area contributed by atoms with Gasteiger partial charge in [-0.25, -0.2) is 0 Å². The summed E-state index contributed by atoms with van der Waals surface area (Å²) >= 11 is 0. The van der Waals surface area contributed by atoms with Gasteiger partial charge in [0.1, 0.15) is 0 Å². The van der Waals surface area contributed by atoms with Crippen molar-refractivity contribution in [3.63, 3.8) is 0 Å². The van der Waals surface area contributed by atoms with E-state index in [1.807, 2.05) is 12.3 Å². The van der Waals surface area contributed by atoms with Gasteiger partial charge in [0, 0.05) is 23.7 Å². The van der Waals surface area contributed by atoms with Gasteiger partial charge in [-0.15, -0.1) is 0 Å². The first-order chi connectivity index (χ1) is 9.92. The molecule has 0 radical (unpaired) electrons. The van der Waals surface area contributed by atoms with Crippen LogP contribution in [-0.4, -0.2) is 11.0 Å². The lowest BCUT2D eigenvalue weighted by molar-refractivity contribution is 0.177. The van der Waals surface area contributed by atoms with Gasteiger partial charge >= 0.3 is 0 Å². The summed E-state index contributed by atoms with van der Waals surface area (Å²) in [4.78, 5) is 4.62. The number of hydrogen-bond donors (Lipinski definition) is 1. The van der Waals surface area contributed by atoms with Crippen molar-refractivity contribution in [2.75, 3.05) is 0 Å². The largest absolute Gasteiger partial charge is 0.307 e. The molecule has 1 aromatic heterocycles. The van der Waals surface area contributed by atoms with Crippen LogP contribution in [0.2, 0.25) is 0 Å². The SMILES string of the molecule is c1cnc2c(C3CCC4CCCCC4N3)cccc2c1. The molecular formula is C18H22N2. The Morgan fingerprint density at radius 1 is 0.950 bits per heavy atom. The molecule has 2 nitrogen and oxygen atoms in total. The molecule has 4 rings (SSSR count). The lowest BCUT2D eigenvalue weighted by atomic mass is 9.76. The molecule has 1 saturated carbocycles. The van der Waals surface area contributed by atoms with Gasteiger partial charge in [0.25, 0.3) is 0 Å². The second-order valence-corrected chi connectivity index (χ2v) is 6.37. The molecule has 1 aliphatic heterocycles. The number of pyridine rings is 1. The van der Waals surface area contributed by atoms with Crippen molar-refractivity contribution in [2.24, 2.45) is 5.92 Å². The zero-order chi connectivity index (χ0) is 13.4. The third kappa shape index (κ3) is 2.12. The van der Waals surface area contributed by atoms with Crippen LogP contribution in [0.25, 0.3) is 10.9 Å². The monoisotopic (exact) mass is 266 g/mol. The number of rotatable bonds is 1. The molecule has 0 bridgehead atoms. The quantitative estimate of drug-likeness (QED) is 0.836. The number of nitrogens with one attached hydrogen (secondary N) is 1. The molecule has 1 aromatic carbocycles. The standard InChI is InChI=1S/C18H22N2/c1-2-9-16-13(5-1)10-11-17(20-16)15-8-3-6-14-7-4-12-19-18(14)15/h3-4,6-8,12-13,16-17,20H,1-2,5,9-11H2. The van der Waals surface area contributed by atoms with Crippen LogP contribution in [0.4, 0.5) is 0 Å². The fourth-order valence-electron chi connectivity index (χ4n) is 4.15. The number of piperidine rings is 1. The molecule has 2 aliphatic rings. The van der Waals surface area contributed by atoms with Crippen LogP contribution in [0.1, 0.15) is 50.1 Å². The predicted octanol–water partition coefficient (Wildman–Crippen LogP) is 4.22. The van der Waals surface area contributed by atoms with Gasteiger partial charge in [-0.05, 0) is 43.2 Å². The number of fused-ring (bicyclic) bond motifs is 2. The summed E-state index contributed by atoms with van der Waals surface area (Å²) < 4.78 is 0. The molecule has 1 saturated heterocycles. The number of benzene rings is 1. The Labute approximate surface area is 120 Å². The van der Waals surface area contributed by atoms with Gasteiger partial charge in [-0.1, -0.05) is 37.1 Å². The molecule has 2 heterocycles. The minimum atomic E-state index is 0.493. The Bertz CT molecular complexity index is 602. The molecule has 2 aromatic rings. The van der Waals surface area contributed by atoms with Gasteiger partial charge in [0.15, 0.2) is 0 Å². The molecule has 1 N–H and O–H groups in total. The second-order valence-electron chi connectivity index (χ2n) is 6.37. The summed E-state index contributed by atoms with van der Waals surface area (Å²) in [5, 5.41) is 5.19. The van der Waals surface area contributed by atoms with Crippen LogP contribution in [0.15, 0.2) is 36.5 Å². The van der Waals surface area contributed by atoms with Crippen molar-refractivity contribution < 1.29 is 0 Å². The van der Waals surface area contributed by atoms with E-state index in [0.29, 0.717) is 6.04 Å². The van der Waals surface area contributed by atoms with Gasteiger partial charge in [-0.3, -0.25) is 4.98 Å². The maximum atomic E-state index is 4.62.